The van der Waals surface area contributed by atoms with Gasteiger partial charge in [0.1, 0.15) is 17.3 Å². The van der Waals surface area contributed by atoms with Crippen LogP contribution >= 0.6 is 35.7 Å². The maximum atomic E-state index is 11.9. The Labute approximate surface area is 181 Å². The Balaban J connectivity index is 1.46. The van der Waals surface area contributed by atoms with E-state index in [9.17, 15) is 23.5 Å². The molecule has 0 aliphatic carbocycles. The van der Waals surface area contributed by atoms with E-state index in [0.29, 0.717) is 11.2 Å². The van der Waals surface area contributed by atoms with E-state index in [4.69, 9.17) is 42.3 Å². The lowest BCUT2D eigenvalue weighted by molar-refractivity contribution is -0.462. The molecule has 32 heavy (non-hydrogen) atoms. The van der Waals surface area contributed by atoms with Gasteiger partial charge in [-0.15, -0.1) is 0 Å². The van der Waals surface area contributed by atoms with E-state index < -0.39 is 54.6 Å². The number of nitrogens with one attached hydrogen (secondary N) is 1. The quantitative estimate of drug-likeness (QED) is 0.147. The fraction of sp³-hybridized carbons (Fsp3) is 0.500. The molecule has 6 atom stereocenters. The molecule has 2 saturated heterocycles. The van der Waals surface area contributed by atoms with E-state index in [1.807, 2.05) is 0 Å². The second kappa shape index (κ2) is 8.26. The second-order valence-electron chi connectivity index (χ2n) is 6.35. The molecule has 2 aliphatic heterocycles. The van der Waals surface area contributed by atoms with Crippen molar-refractivity contribution in [3.63, 3.8) is 0 Å². The van der Waals surface area contributed by atoms with Crippen LogP contribution in [0.25, 0.3) is 11.2 Å². The van der Waals surface area contributed by atoms with E-state index in [1.165, 1.54) is 10.9 Å². The zero-order valence-corrected chi connectivity index (χ0v) is 18.7. The van der Waals surface area contributed by atoms with Gasteiger partial charge in [-0.05, 0) is 0 Å². The smallest absolute Gasteiger partial charge is 0.369 e. The molecule has 2 aliphatic rings. The highest BCUT2D eigenvalue weighted by Crippen LogP contribution is 2.66. The lowest BCUT2D eigenvalue weighted by atomic mass is 10.1. The summed E-state index contributed by atoms with van der Waals surface area (Å²) in [5.74, 6) is 0.0220. The first-order valence-electron chi connectivity index (χ1n) is 8.23. The average Bonchev–Trinajstić information content (AvgIpc) is 3.08. The standard InChI is InChI=1S/C10H14N5O13P3S/c11-10-13-7-4(8(32)14-10)12-2-15(7)9-6-5(25-26-6)3(24-9)1-23-30(19,20)28-31(21,22)27-29(16,17)18/h2-3,5-6,9H,1H2,(H,19,20)(H,21,22)(H2,16,17,18)(H3,11,13,14,32). The highest BCUT2D eigenvalue weighted by atomic mass is 32.1. The Morgan fingerprint density at radius 2 is 1.84 bits per heavy atom. The van der Waals surface area contributed by atoms with Crippen LogP contribution in [0.4, 0.5) is 5.95 Å². The maximum absolute atomic E-state index is 11.9. The molecule has 2 fully saturated rings. The summed E-state index contributed by atoms with van der Waals surface area (Å²) in [4.78, 5) is 56.6. The predicted molar refractivity (Wildman–Crippen MR) is 101 cm³/mol. The van der Waals surface area contributed by atoms with Gasteiger partial charge in [-0.25, -0.2) is 33.4 Å². The summed E-state index contributed by atoms with van der Waals surface area (Å²) < 4.78 is 53.2. The van der Waals surface area contributed by atoms with Crippen LogP contribution in [0.15, 0.2) is 6.33 Å². The van der Waals surface area contributed by atoms with Crippen molar-refractivity contribution in [2.45, 2.75) is 24.5 Å². The highest BCUT2D eigenvalue weighted by Gasteiger charge is 2.56. The topological polar surface area (TPSA) is 260 Å². The summed E-state index contributed by atoms with van der Waals surface area (Å²) in [6.07, 6.45) is -2.04. The van der Waals surface area contributed by atoms with Crippen LogP contribution in [0, 0.1) is 4.64 Å². The van der Waals surface area contributed by atoms with Crippen molar-refractivity contribution in [3.8, 4) is 0 Å². The number of nitrogen functional groups attached to an aromatic ring is 1. The van der Waals surface area contributed by atoms with E-state index in [-0.39, 0.29) is 10.6 Å². The van der Waals surface area contributed by atoms with Crippen LogP contribution in [0.2, 0.25) is 0 Å². The minimum Gasteiger partial charge on any atom is -0.369 e. The van der Waals surface area contributed by atoms with Gasteiger partial charge in [0.15, 0.2) is 29.0 Å². The number of imidazole rings is 1. The Hall–Kier alpha value is -1.14. The monoisotopic (exact) mass is 537 g/mol. The molecule has 7 N–H and O–H groups in total. The summed E-state index contributed by atoms with van der Waals surface area (Å²) in [5.41, 5.74) is 6.35. The van der Waals surface area contributed by atoms with Gasteiger partial charge in [0, 0.05) is 0 Å². The van der Waals surface area contributed by atoms with Crippen LogP contribution in [0.5, 0.6) is 0 Å². The molecule has 0 aromatic carbocycles. The minimum absolute atomic E-state index is 0.0220. The molecule has 22 heteroatoms. The lowest BCUT2D eigenvalue weighted by Crippen LogP contribution is -2.47. The van der Waals surface area contributed by atoms with Gasteiger partial charge in [0.25, 0.3) is 0 Å². The van der Waals surface area contributed by atoms with Crippen LogP contribution in [0.3, 0.4) is 0 Å². The van der Waals surface area contributed by atoms with Crippen LogP contribution in [-0.4, -0.2) is 64.0 Å². The third-order valence-electron chi connectivity index (χ3n) is 4.12. The van der Waals surface area contributed by atoms with Gasteiger partial charge in [-0.1, -0.05) is 12.2 Å². The molecule has 6 unspecified atom stereocenters. The summed E-state index contributed by atoms with van der Waals surface area (Å²) >= 11 is 5.10. The van der Waals surface area contributed by atoms with Crippen molar-refractivity contribution in [3.05, 3.63) is 11.0 Å². The normalized spacial score (nSPS) is 29.2. The van der Waals surface area contributed by atoms with Crippen molar-refractivity contribution in [1.29, 1.82) is 0 Å². The van der Waals surface area contributed by atoms with Gasteiger partial charge >= 0.3 is 23.5 Å². The van der Waals surface area contributed by atoms with E-state index in [2.05, 4.69) is 28.1 Å². The zero-order valence-electron chi connectivity index (χ0n) is 15.2. The zero-order chi connectivity index (χ0) is 23.5. The van der Waals surface area contributed by atoms with Gasteiger partial charge < -0.3 is 35.0 Å². The van der Waals surface area contributed by atoms with E-state index >= 15 is 0 Å². The van der Waals surface area contributed by atoms with Crippen molar-refractivity contribution < 1.29 is 60.9 Å². The van der Waals surface area contributed by atoms with Gasteiger partial charge in [0.2, 0.25) is 0 Å². The molecule has 4 heterocycles. The maximum Gasteiger partial charge on any atom is 0.490 e. The van der Waals surface area contributed by atoms with Crippen molar-refractivity contribution in [2.24, 2.45) is 0 Å². The van der Waals surface area contributed by atoms with Gasteiger partial charge in [-0.3, -0.25) is 9.09 Å². The number of nitrogens with zero attached hydrogens (tertiary/aromatic N) is 3. The van der Waals surface area contributed by atoms with Crippen molar-refractivity contribution >= 4 is 52.8 Å². The third kappa shape index (κ3) is 5.01. The van der Waals surface area contributed by atoms with E-state index in [0.717, 1.165) is 0 Å². The number of aromatic nitrogens is 4. The Bertz CT molecular complexity index is 1240. The average molecular weight is 537 g/mol. The first-order chi connectivity index (χ1) is 14.7. The van der Waals surface area contributed by atoms with Crippen molar-refractivity contribution in [2.75, 3.05) is 12.3 Å². The molecule has 0 bridgehead atoms. The Kier molecular flexibility index (Phi) is 6.20. The van der Waals surface area contributed by atoms with Crippen molar-refractivity contribution in [1.82, 2.24) is 19.5 Å². The number of rotatable bonds is 8. The van der Waals surface area contributed by atoms with Crippen LogP contribution in [0.1, 0.15) is 6.23 Å². The molecule has 18 nitrogen and oxygen atoms in total. The molecule has 178 valence electrons. The molecule has 2 aromatic rings. The Morgan fingerprint density at radius 1 is 1.16 bits per heavy atom. The number of hydrogen-bond donors (Lipinski definition) is 6. The predicted octanol–water partition coefficient (Wildman–Crippen LogP) is 0.0108. The number of phosphoric ester groups is 1. The molecule has 0 spiro atoms. The number of fused-ring (bicyclic) bond motifs is 2. The number of H-pyrrole nitrogens is 1. The Morgan fingerprint density at radius 3 is 2.47 bits per heavy atom. The molecule has 0 radical (unpaired) electrons. The van der Waals surface area contributed by atoms with Gasteiger partial charge in [-0.2, -0.15) is 8.62 Å². The number of hydrogen-bond acceptors (Lipinski definition) is 13. The van der Waals surface area contributed by atoms with E-state index in [1.54, 1.807) is 0 Å². The molecule has 2 aromatic heterocycles. The summed E-state index contributed by atoms with van der Waals surface area (Å²) in [7, 11) is -16.5. The lowest BCUT2D eigenvalue weighted by Gasteiger charge is -2.31. The molecule has 0 saturated carbocycles. The molecular formula is C10H14N5O13P3S. The summed E-state index contributed by atoms with van der Waals surface area (Å²) in [5, 5.41) is 0. The third-order valence-corrected chi connectivity index (χ3v) is 8.21. The molecular weight excluding hydrogens is 523 g/mol. The number of aromatic amines is 1. The fourth-order valence-corrected chi connectivity index (χ4v) is 6.25. The number of phosphoric acid groups is 3. The minimum atomic E-state index is -5.64. The number of anilines is 1. The van der Waals surface area contributed by atoms with Gasteiger partial charge in [0.05, 0.1) is 12.9 Å². The largest absolute Gasteiger partial charge is 0.490 e. The molecule has 0 amide bonds. The van der Waals surface area contributed by atoms with Crippen LogP contribution < -0.4 is 5.73 Å². The number of ether oxygens (including phenoxy) is 1. The summed E-state index contributed by atoms with van der Waals surface area (Å²) in [6.45, 7) is -0.711. The fourth-order valence-electron chi connectivity index (χ4n) is 2.98. The second-order valence-corrected chi connectivity index (χ2v) is 11.2. The summed E-state index contributed by atoms with van der Waals surface area (Å²) in [6, 6.07) is 0. The van der Waals surface area contributed by atoms with Crippen LogP contribution in [-0.2, 0) is 41.4 Å². The SMILES string of the molecule is Nc1nc(=S)c2ncn(C3OC(COP(=O)(O)OP(=O)(O)OP(=O)(O)O)C4OOC43)c2[nH]1. The number of nitrogens with two attached hydrogens (primary N) is 1. The highest BCUT2D eigenvalue weighted by molar-refractivity contribution is 7.71. The first-order valence-corrected chi connectivity index (χ1v) is 13.2. The molecule has 4 rings (SSSR count). The first kappa shape index (κ1) is 24.0.